The van der Waals surface area contributed by atoms with Crippen molar-refractivity contribution in [2.45, 2.75) is 6.42 Å². The van der Waals surface area contributed by atoms with Crippen LogP contribution in [0.25, 0.3) is 33.2 Å². The molecule has 1 aliphatic rings. The fourth-order valence-corrected chi connectivity index (χ4v) is 3.48. The predicted molar refractivity (Wildman–Crippen MR) is 111 cm³/mol. The summed E-state index contributed by atoms with van der Waals surface area (Å²) in [4.78, 5) is 25.3. The number of fused-ring (bicyclic) bond motifs is 1. The Morgan fingerprint density at radius 1 is 1.27 bits per heavy atom. The van der Waals surface area contributed by atoms with Crippen LogP contribution in [0.5, 0.6) is 0 Å². The van der Waals surface area contributed by atoms with Crippen LogP contribution in [0.3, 0.4) is 0 Å². The minimum atomic E-state index is -0.265. The maximum atomic E-state index is 12.3. The van der Waals surface area contributed by atoms with Crippen LogP contribution in [0.15, 0.2) is 49.2 Å². The molecule has 4 aromatic heterocycles. The number of nitrogen functional groups attached to an aromatic ring is 1. The van der Waals surface area contributed by atoms with Gasteiger partial charge in [0.05, 0.1) is 29.8 Å². The second-order valence-corrected chi connectivity index (χ2v) is 7.16. The van der Waals surface area contributed by atoms with Crippen LogP contribution in [0.4, 0.5) is 11.6 Å². The fourth-order valence-electron chi connectivity index (χ4n) is 3.48. The van der Waals surface area contributed by atoms with Gasteiger partial charge in [-0.05, 0) is 35.6 Å². The Bertz CT molecular complexity index is 1310. The number of carbonyl (C=O) groups excluding carboxylic acids is 1. The van der Waals surface area contributed by atoms with Gasteiger partial charge in [-0.1, -0.05) is 0 Å². The number of carbonyl (C=O) groups is 1. The number of nitrogens with one attached hydrogen (secondary N) is 2. The molecule has 0 aliphatic heterocycles. The molecule has 0 unspecified atom stereocenters. The summed E-state index contributed by atoms with van der Waals surface area (Å²) in [6.07, 6.45) is 9.15. The summed E-state index contributed by atoms with van der Waals surface area (Å²) in [7, 11) is 0. The van der Waals surface area contributed by atoms with E-state index >= 15 is 0 Å². The number of nitrogens with zero attached hydrogens (tertiary/aromatic N) is 5. The van der Waals surface area contributed by atoms with Crippen LogP contribution in [0, 0.1) is 23.2 Å². The van der Waals surface area contributed by atoms with Crippen LogP contribution < -0.4 is 11.1 Å². The Morgan fingerprint density at radius 2 is 2.17 bits per heavy atom. The highest BCUT2D eigenvalue weighted by atomic mass is 16.2. The van der Waals surface area contributed by atoms with Crippen molar-refractivity contribution in [3.05, 3.63) is 49.2 Å². The molecular formula is C21H16N8O. The van der Waals surface area contributed by atoms with E-state index < -0.39 is 0 Å². The lowest BCUT2D eigenvalue weighted by molar-refractivity contribution is -0.117. The van der Waals surface area contributed by atoms with Gasteiger partial charge in [-0.2, -0.15) is 10.4 Å². The summed E-state index contributed by atoms with van der Waals surface area (Å²) in [6.45, 7) is 0. The number of H-pyrrole nitrogens is 1. The lowest BCUT2D eigenvalue weighted by Crippen LogP contribution is -2.15. The summed E-state index contributed by atoms with van der Waals surface area (Å²) >= 11 is 0. The maximum absolute atomic E-state index is 12.3. The van der Waals surface area contributed by atoms with E-state index in [2.05, 4.69) is 36.5 Å². The quantitative estimate of drug-likeness (QED) is 0.480. The summed E-state index contributed by atoms with van der Waals surface area (Å²) < 4.78 is 0. The van der Waals surface area contributed by atoms with Crippen LogP contribution in [0.1, 0.15) is 6.42 Å². The molecule has 30 heavy (non-hydrogen) atoms. The topological polar surface area (TPSA) is 146 Å². The Morgan fingerprint density at radius 3 is 2.93 bits per heavy atom. The largest absolute Gasteiger partial charge is 0.383 e. The van der Waals surface area contributed by atoms with Crippen molar-refractivity contribution in [1.82, 2.24) is 25.1 Å². The van der Waals surface area contributed by atoms with Crippen molar-refractivity contribution in [3.8, 4) is 28.5 Å². The van der Waals surface area contributed by atoms with E-state index in [9.17, 15) is 4.79 Å². The minimum Gasteiger partial charge on any atom is -0.383 e. The van der Waals surface area contributed by atoms with Crippen molar-refractivity contribution in [3.63, 3.8) is 0 Å². The van der Waals surface area contributed by atoms with Crippen LogP contribution in [-0.4, -0.2) is 31.1 Å². The smallest absolute Gasteiger partial charge is 0.230 e. The molecule has 0 radical (unpaired) electrons. The number of amides is 1. The molecule has 4 heterocycles. The van der Waals surface area contributed by atoms with Gasteiger partial charge in [0, 0.05) is 41.3 Å². The summed E-state index contributed by atoms with van der Waals surface area (Å²) in [6, 6.07) is 7.65. The molecule has 2 atom stereocenters. The van der Waals surface area contributed by atoms with Crippen molar-refractivity contribution >= 4 is 28.3 Å². The van der Waals surface area contributed by atoms with Gasteiger partial charge in [-0.15, -0.1) is 0 Å². The lowest BCUT2D eigenvalue weighted by atomic mass is 10.0. The van der Waals surface area contributed by atoms with E-state index in [1.54, 1.807) is 37.1 Å². The van der Waals surface area contributed by atoms with E-state index in [4.69, 9.17) is 11.0 Å². The highest BCUT2D eigenvalue weighted by Gasteiger charge is 2.43. The first kappa shape index (κ1) is 17.8. The number of nitrogens with two attached hydrogens (primary N) is 1. The Balaban J connectivity index is 1.54. The van der Waals surface area contributed by atoms with Crippen LogP contribution >= 0.6 is 0 Å². The molecule has 4 aromatic rings. The third-order valence-corrected chi connectivity index (χ3v) is 5.20. The van der Waals surface area contributed by atoms with Crippen molar-refractivity contribution in [1.29, 1.82) is 5.26 Å². The second kappa shape index (κ2) is 6.93. The number of anilines is 2. The van der Waals surface area contributed by atoms with Gasteiger partial charge < -0.3 is 11.1 Å². The predicted octanol–water partition coefficient (Wildman–Crippen LogP) is 2.76. The Labute approximate surface area is 171 Å². The van der Waals surface area contributed by atoms with Gasteiger partial charge in [0.2, 0.25) is 5.91 Å². The summed E-state index contributed by atoms with van der Waals surface area (Å²) in [5.41, 5.74) is 9.49. The molecule has 1 amide bonds. The number of pyridine rings is 3. The SMILES string of the molecule is N#C[C@H]1C[C@@H]1C(=O)Nc1cc2cc(-c3cnccc3-c3cn[nH]c3)nc(N)c2cn1. The van der Waals surface area contributed by atoms with E-state index in [1.807, 2.05) is 12.1 Å². The number of aromatic amines is 1. The lowest BCUT2D eigenvalue weighted by Gasteiger charge is -2.11. The minimum absolute atomic E-state index is 0.190. The molecule has 1 fully saturated rings. The molecule has 4 N–H and O–H groups in total. The average Bonchev–Trinajstić information content (AvgIpc) is 3.36. The monoisotopic (exact) mass is 396 g/mol. The Hall–Kier alpha value is -4.32. The highest BCUT2D eigenvalue weighted by Crippen LogP contribution is 2.38. The van der Waals surface area contributed by atoms with Gasteiger partial charge in [-0.3, -0.25) is 14.9 Å². The number of hydrogen-bond acceptors (Lipinski definition) is 7. The Kier molecular flexibility index (Phi) is 4.10. The molecule has 0 spiro atoms. The number of aromatic nitrogens is 5. The molecule has 146 valence electrons. The zero-order valence-electron chi connectivity index (χ0n) is 15.7. The first-order valence-electron chi connectivity index (χ1n) is 9.34. The molecule has 1 aliphatic carbocycles. The molecule has 1 saturated carbocycles. The van der Waals surface area contributed by atoms with Crippen LogP contribution in [0.2, 0.25) is 0 Å². The highest BCUT2D eigenvalue weighted by molar-refractivity contribution is 5.99. The number of rotatable bonds is 4. The van der Waals surface area contributed by atoms with Gasteiger partial charge in [-0.25, -0.2) is 9.97 Å². The number of nitriles is 1. The average molecular weight is 396 g/mol. The second-order valence-electron chi connectivity index (χ2n) is 7.16. The van der Waals surface area contributed by atoms with Crippen molar-refractivity contribution in [2.75, 3.05) is 11.1 Å². The molecule has 9 heteroatoms. The first-order valence-corrected chi connectivity index (χ1v) is 9.34. The molecule has 5 rings (SSSR count). The van der Waals surface area contributed by atoms with Gasteiger partial charge in [0.15, 0.2) is 0 Å². The van der Waals surface area contributed by atoms with Gasteiger partial charge in [0.1, 0.15) is 11.6 Å². The maximum Gasteiger partial charge on any atom is 0.230 e. The number of hydrogen-bond donors (Lipinski definition) is 3. The van der Waals surface area contributed by atoms with E-state index in [-0.39, 0.29) is 17.7 Å². The molecule has 0 aromatic carbocycles. The normalized spacial score (nSPS) is 17.4. The van der Waals surface area contributed by atoms with E-state index in [0.717, 1.165) is 22.1 Å². The van der Waals surface area contributed by atoms with E-state index in [0.29, 0.717) is 29.1 Å². The van der Waals surface area contributed by atoms with E-state index in [1.165, 1.54) is 0 Å². The zero-order valence-corrected chi connectivity index (χ0v) is 15.7. The van der Waals surface area contributed by atoms with Crippen LogP contribution in [-0.2, 0) is 4.79 Å². The summed E-state index contributed by atoms with van der Waals surface area (Å²) in [5, 5.41) is 20.0. The fraction of sp³-hybridized carbons (Fsp3) is 0.143. The molecule has 9 nitrogen and oxygen atoms in total. The molecule has 0 saturated heterocycles. The van der Waals surface area contributed by atoms with Gasteiger partial charge >= 0.3 is 0 Å². The standard InChI is InChI=1S/C21H16N8O/c22-6-12-3-15(12)21(30)29-19-5-11-4-18(28-20(23)16(11)10-25-19)17-9-24-2-1-14(17)13-7-26-27-8-13/h1-2,4-5,7-10,12,15H,3H2,(H2,23,28)(H,26,27)(H,25,29,30)/t12-,15+/m1/s1. The first-order chi connectivity index (χ1) is 14.6. The summed E-state index contributed by atoms with van der Waals surface area (Å²) in [5.74, 6) is 0.0861. The third kappa shape index (κ3) is 3.10. The zero-order chi connectivity index (χ0) is 20.7. The molecular weight excluding hydrogens is 380 g/mol. The van der Waals surface area contributed by atoms with Crippen molar-refractivity contribution in [2.24, 2.45) is 11.8 Å². The van der Waals surface area contributed by atoms with Gasteiger partial charge in [0.25, 0.3) is 0 Å². The third-order valence-electron chi connectivity index (χ3n) is 5.20. The van der Waals surface area contributed by atoms with Crippen molar-refractivity contribution < 1.29 is 4.79 Å². The molecule has 0 bridgehead atoms.